The summed E-state index contributed by atoms with van der Waals surface area (Å²) in [6.45, 7) is 4.83. The quantitative estimate of drug-likeness (QED) is 0.942. The molecule has 21 heavy (non-hydrogen) atoms. The summed E-state index contributed by atoms with van der Waals surface area (Å²) in [6.07, 6.45) is 0. The standard InChI is InChI=1S/C16H17N3OS/c1-3-19(10-13-7-5-4-6-12(13)9-17)16(20)15-8-14(18)11(2)21-15/h4-8H,3,10,18H2,1-2H3. The first-order chi connectivity index (χ1) is 10.1. The van der Waals surface area contributed by atoms with Crippen LogP contribution >= 0.6 is 11.3 Å². The molecule has 1 heterocycles. The minimum atomic E-state index is -0.0463. The fourth-order valence-electron chi connectivity index (χ4n) is 2.06. The van der Waals surface area contributed by atoms with E-state index in [0.29, 0.717) is 29.2 Å². The lowest BCUT2D eigenvalue weighted by Crippen LogP contribution is -2.30. The number of carbonyl (C=O) groups is 1. The van der Waals surface area contributed by atoms with Crippen molar-refractivity contribution in [2.24, 2.45) is 0 Å². The monoisotopic (exact) mass is 299 g/mol. The van der Waals surface area contributed by atoms with Crippen LogP contribution in [-0.2, 0) is 6.54 Å². The fraction of sp³-hybridized carbons (Fsp3) is 0.250. The maximum absolute atomic E-state index is 12.5. The summed E-state index contributed by atoms with van der Waals surface area (Å²) in [5, 5.41) is 9.13. The van der Waals surface area contributed by atoms with Crippen LogP contribution in [0.1, 0.15) is 32.6 Å². The number of hydrogen-bond acceptors (Lipinski definition) is 4. The van der Waals surface area contributed by atoms with E-state index in [-0.39, 0.29) is 5.91 Å². The van der Waals surface area contributed by atoms with Crippen LogP contribution in [-0.4, -0.2) is 17.4 Å². The van der Waals surface area contributed by atoms with E-state index in [1.807, 2.05) is 32.0 Å². The molecule has 0 radical (unpaired) electrons. The van der Waals surface area contributed by atoms with Crippen LogP contribution in [0.15, 0.2) is 30.3 Å². The van der Waals surface area contributed by atoms with Crippen molar-refractivity contribution < 1.29 is 4.79 Å². The molecule has 0 fully saturated rings. The van der Waals surface area contributed by atoms with Gasteiger partial charge in [0.15, 0.2) is 0 Å². The smallest absolute Gasteiger partial charge is 0.264 e. The van der Waals surface area contributed by atoms with Crippen molar-refractivity contribution in [3.63, 3.8) is 0 Å². The largest absolute Gasteiger partial charge is 0.398 e. The lowest BCUT2D eigenvalue weighted by molar-refractivity contribution is 0.0757. The highest BCUT2D eigenvalue weighted by Crippen LogP contribution is 2.25. The number of benzene rings is 1. The van der Waals surface area contributed by atoms with E-state index in [1.54, 1.807) is 17.0 Å². The van der Waals surface area contributed by atoms with Crippen molar-refractivity contribution in [2.75, 3.05) is 12.3 Å². The van der Waals surface area contributed by atoms with E-state index in [2.05, 4.69) is 6.07 Å². The van der Waals surface area contributed by atoms with Gasteiger partial charge in [0, 0.05) is 23.7 Å². The Balaban J connectivity index is 2.24. The summed E-state index contributed by atoms with van der Waals surface area (Å²) in [4.78, 5) is 15.9. The van der Waals surface area contributed by atoms with Gasteiger partial charge in [-0.15, -0.1) is 11.3 Å². The van der Waals surface area contributed by atoms with E-state index in [1.165, 1.54) is 11.3 Å². The summed E-state index contributed by atoms with van der Waals surface area (Å²) in [5.74, 6) is -0.0463. The summed E-state index contributed by atoms with van der Waals surface area (Å²) in [5.41, 5.74) is 7.92. The van der Waals surface area contributed by atoms with Gasteiger partial charge in [0.2, 0.25) is 0 Å². The van der Waals surface area contributed by atoms with Gasteiger partial charge in [0.05, 0.1) is 16.5 Å². The van der Waals surface area contributed by atoms with Gasteiger partial charge in [-0.25, -0.2) is 0 Å². The van der Waals surface area contributed by atoms with Crippen molar-refractivity contribution in [3.8, 4) is 6.07 Å². The molecule has 108 valence electrons. The molecule has 4 nitrogen and oxygen atoms in total. The average Bonchev–Trinajstić information content (AvgIpc) is 2.84. The summed E-state index contributed by atoms with van der Waals surface area (Å²) < 4.78 is 0. The molecule has 2 aromatic rings. The van der Waals surface area contributed by atoms with E-state index in [0.717, 1.165) is 10.4 Å². The van der Waals surface area contributed by atoms with Gasteiger partial charge < -0.3 is 10.6 Å². The molecule has 1 amide bonds. The van der Waals surface area contributed by atoms with Gasteiger partial charge in [-0.2, -0.15) is 5.26 Å². The molecule has 2 rings (SSSR count). The highest BCUT2D eigenvalue weighted by atomic mass is 32.1. The Bertz CT molecular complexity index is 680. The van der Waals surface area contributed by atoms with Crippen LogP contribution in [0.25, 0.3) is 0 Å². The third kappa shape index (κ3) is 3.23. The number of nitriles is 1. The SMILES string of the molecule is CCN(Cc1ccccc1C#N)C(=O)c1cc(N)c(C)s1. The number of nitrogens with two attached hydrogens (primary N) is 1. The number of nitrogen functional groups attached to an aromatic ring is 1. The summed E-state index contributed by atoms with van der Waals surface area (Å²) in [7, 11) is 0. The Hall–Kier alpha value is -2.32. The molecule has 0 saturated heterocycles. The van der Waals surface area contributed by atoms with Crippen LogP contribution in [0.3, 0.4) is 0 Å². The Morgan fingerprint density at radius 1 is 1.43 bits per heavy atom. The molecule has 0 unspecified atom stereocenters. The Morgan fingerprint density at radius 2 is 2.14 bits per heavy atom. The molecule has 0 aliphatic carbocycles. The predicted octanol–water partition coefficient (Wildman–Crippen LogP) is 3.17. The molecule has 1 aromatic carbocycles. The number of amides is 1. The van der Waals surface area contributed by atoms with E-state index < -0.39 is 0 Å². The van der Waals surface area contributed by atoms with Gasteiger partial charge in [0.25, 0.3) is 5.91 Å². The molecule has 5 heteroatoms. The number of rotatable bonds is 4. The third-order valence-corrected chi connectivity index (χ3v) is 4.39. The molecule has 0 aliphatic rings. The van der Waals surface area contributed by atoms with Gasteiger partial charge in [0.1, 0.15) is 0 Å². The fourth-order valence-corrected chi connectivity index (χ4v) is 2.97. The number of anilines is 1. The van der Waals surface area contributed by atoms with Gasteiger partial charge >= 0.3 is 0 Å². The van der Waals surface area contributed by atoms with E-state index in [4.69, 9.17) is 11.0 Å². The summed E-state index contributed by atoms with van der Waals surface area (Å²) >= 11 is 1.41. The number of hydrogen-bond donors (Lipinski definition) is 1. The van der Waals surface area contributed by atoms with Crippen LogP contribution < -0.4 is 5.73 Å². The number of thiophene rings is 1. The number of aryl methyl sites for hydroxylation is 1. The Morgan fingerprint density at radius 3 is 2.71 bits per heavy atom. The molecule has 0 saturated carbocycles. The van der Waals surface area contributed by atoms with Crippen LogP contribution in [0.5, 0.6) is 0 Å². The van der Waals surface area contributed by atoms with E-state index in [9.17, 15) is 4.79 Å². The van der Waals surface area contributed by atoms with Crippen LogP contribution in [0, 0.1) is 18.3 Å². The lowest BCUT2D eigenvalue weighted by atomic mass is 10.1. The molecule has 0 atom stereocenters. The highest BCUT2D eigenvalue weighted by Gasteiger charge is 2.18. The molecular weight excluding hydrogens is 282 g/mol. The van der Waals surface area contributed by atoms with Gasteiger partial charge in [-0.1, -0.05) is 18.2 Å². The first-order valence-corrected chi connectivity index (χ1v) is 7.51. The maximum atomic E-state index is 12.5. The predicted molar refractivity (Wildman–Crippen MR) is 85.0 cm³/mol. The molecule has 1 aromatic heterocycles. The van der Waals surface area contributed by atoms with Gasteiger partial charge in [-0.3, -0.25) is 4.79 Å². The van der Waals surface area contributed by atoms with Crippen LogP contribution in [0.4, 0.5) is 5.69 Å². The second kappa shape index (κ2) is 6.42. The zero-order valence-electron chi connectivity index (χ0n) is 12.1. The highest BCUT2D eigenvalue weighted by molar-refractivity contribution is 7.14. The topological polar surface area (TPSA) is 70.1 Å². The maximum Gasteiger partial charge on any atom is 0.264 e. The van der Waals surface area contributed by atoms with Crippen molar-refractivity contribution in [2.45, 2.75) is 20.4 Å². The summed E-state index contributed by atoms with van der Waals surface area (Å²) in [6, 6.07) is 11.2. The molecule has 2 N–H and O–H groups in total. The zero-order valence-corrected chi connectivity index (χ0v) is 12.9. The first kappa shape index (κ1) is 15.1. The van der Waals surface area contributed by atoms with Crippen molar-refractivity contribution in [1.29, 1.82) is 5.26 Å². The normalized spacial score (nSPS) is 10.1. The van der Waals surface area contributed by atoms with Gasteiger partial charge in [-0.05, 0) is 31.5 Å². The second-order valence-electron chi connectivity index (χ2n) is 4.71. The zero-order chi connectivity index (χ0) is 15.4. The van der Waals surface area contributed by atoms with Crippen LogP contribution in [0.2, 0.25) is 0 Å². The Kier molecular flexibility index (Phi) is 4.61. The molecule has 0 bridgehead atoms. The third-order valence-electron chi connectivity index (χ3n) is 3.33. The molecular formula is C16H17N3OS. The second-order valence-corrected chi connectivity index (χ2v) is 5.97. The van der Waals surface area contributed by atoms with Crippen molar-refractivity contribution in [3.05, 3.63) is 51.2 Å². The lowest BCUT2D eigenvalue weighted by Gasteiger charge is -2.20. The average molecular weight is 299 g/mol. The molecule has 0 spiro atoms. The first-order valence-electron chi connectivity index (χ1n) is 6.70. The van der Waals surface area contributed by atoms with Crippen molar-refractivity contribution >= 4 is 22.9 Å². The Labute approximate surface area is 128 Å². The minimum absolute atomic E-state index is 0.0463. The number of nitrogens with zero attached hydrogens (tertiary/aromatic N) is 2. The molecule has 0 aliphatic heterocycles. The van der Waals surface area contributed by atoms with E-state index >= 15 is 0 Å². The van der Waals surface area contributed by atoms with Crippen molar-refractivity contribution in [1.82, 2.24) is 4.90 Å². The number of carbonyl (C=O) groups excluding carboxylic acids is 1. The minimum Gasteiger partial charge on any atom is -0.398 e.